The maximum absolute atomic E-state index is 12.0. The molecule has 2 N–H and O–H groups in total. The van der Waals surface area contributed by atoms with E-state index in [1.165, 1.54) is 0 Å². The highest BCUT2D eigenvalue weighted by molar-refractivity contribution is 6.30. The van der Waals surface area contributed by atoms with E-state index in [-0.39, 0.29) is 17.2 Å². The summed E-state index contributed by atoms with van der Waals surface area (Å²) in [5.74, 6) is -0.459. The first-order chi connectivity index (χ1) is 9.01. The van der Waals surface area contributed by atoms with E-state index in [0.29, 0.717) is 10.6 Å². The predicted molar refractivity (Wildman–Crippen MR) is 73.6 cm³/mol. The number of amides is 2. The third-order valence-corrected chi connectivity index (χ3v) is 3.90. The normalized spacial score (nSPS) is 16.9. The van der Waals surface area contributed by atoms with Gasteiger partial charge in [-0.2, -0.15) is 0 Å². The predicted octanol–water partition coefficient (Wildman–Crippen LogP) is 2.68. The molecule has 4 nitrogen and oxygen atoms in total. The zero-order valence-corrected chi connectivity index (χ0v) is 11.6. The third kappa shape index (κ3) is 3.26. The van der Waals surface area contributed by atoms with Gasteiger partial charge in [-0.25, -0.2) is 0 Å². The van der Waals surface area contributed by atoms with Crippen molar-refractivity contribution in [2.24, 2.45) is 5.41 Å². The minimum absolute atomic E-state index is 0.118. The lowest BCUT2D eigenvalue weighted by atomic mass is 9.88. The highest BCUT2D eigenvalue weighted by Gasteiger charge is 2.36. The van der Waals surface area contributed by atoms with Gasteiger partial charge in [-0.3, -0.25) is 20.4 Å². The zero-order chi connectivity index (χ0) is 13.9. The lowest BCUT2D eigenvalue weighted by Crippen LogP contribution is -2.47. The number of hydrogen-bond donors (Lipinski definition) is 2. The van der Waals surface area contributed by atoms with Gasteiger partial charge >= 0.3 is 0 Å². The smallest absolute Gasteiger partial charge is 0.269 e. The number of carbonyl (C=O) groups is 2. The van der Waals surface area contributed by atoms with Crippen LogP contribution in [0, 0.1) is 5.41 Å². The minimum Gasteiger partial charge on any atom is -0.273 e. The fraction of sp³-hybridized carbons (Fsp3) is 0.429. The van der Waals surface area contributed by atoms with Crippen LogP contribution in [0.2, 0.25) is 5.02 Å². The average molecular weight is 281 g/mol. The highest BCUT2D eigenvalue weighted by Crippen LogP contribution is 2.37. The maximum atomic E-state index is 12.0. The lowest BCUT2D eigenvalue weighted by Gasteiger charge is -2.22. The maximum Gasteiger partial charge on any atom is 0.269 e. The van der Waals surface area contributed by atoms with Crippen molar-refractivity contribution in [2.45, 2.75) is 32.6 Å². The number of hydrogen-bond acceptors (Lipinski definition) is 2. The summed E-state index contributed by atoms with van der Waals surface area (Å²) < 4.78 is 0. The van der Waals surface area contributed by atoms with Crippen LogP contribution in [0.1, 0.15) is 43.0 Å². The van der Waals surface area contributed by atoms with Crippen LogP contribution in [0.3, 0.4) is 0 Å². The lowest BCUT2D eigenvalue weighted by molar-refractivity contribution is -0.130. The van der Waals surface area contributed by atoms with Gasteiger partial charge in [0.1, 0.15) is 0 Å². The van der Waals surface area contributed by atoms with E-state index in [0.717, 1.165) is 25.7 Å². The Morgan fingerprint density at radius 2 is 1.68 bits per heavy atom. The second kappa shape index (κ2) is 5.61. The largest absolute Gasteiger partial charge is 0.273 e. The topological polar surface area (TPSA) is 58.2 Å². The van der Waals surface area contributed by atoms with Crippen LogP contribution in [0.4, 0.5) is 0 Å². The molecule has 0 saturated heterocycles. The molecular formula is C14H17ClN2O2. The molecule has 0 atom stereocenters. The monoisotopic (exact) mass is 280 g/mol. The Kier molecular flexibility index (Phi) is 4.10. The molecule has 2 rings (SSSR count). The van der Waals surface area contributed by atoms with Crippen molar-refractivity contribution < 1.29 is 9.59 Å². The molecule has 1 aliphatic carbocycles. The van der Waals surface area contributed by atoms with Crippen LogP contribution >= 0.6 is 11.6 Å². The second-order valence-electron chi connectivity index (χ2n) is 5.18. The van der Waals surface area contributed by atoms with E-state index in [1.54, 1.807) is 24.3 Å². The summed E-state index contributed by atoms with van der Waals surface area (Å²) in [6.07, 6.45) is 3.87. The van der Waals surface area contributed by atoms with Crippen LogP contribution < -0.4 is 10.9 Å². The first kappa shape index (κ1) is 13.9. The summed E-state index contributed by atoms with van der Waals surface area (Å²) in [4.78, 5) is 23.8. The van der Waals surface area contributed by atoms with Crippen LogP contribution in [-0.2, 0) is 4.79 Å². The standard InChI is InChI=1S/C14H17ClN2O2/c1-14(8-2-3-9-14)13(19)17-16-12(18)10-4-6-11(15)7-5-10/h4-7H,2-3,8-9H2,1H3,(H,16,18)(H,17,19). The molecule has 5 heteroatoms. The number of hydrazine groups is 1. The van der Waals surface area contributed by atoms with Gasteiger partial charge < -0.3 is 0 Å². The van der Waals surface area contributed by atoms with Crippen molar-refractivity contribution in [3.05, 3.63) is 34.9 Å². The summed E-state index contributed by atoms with van der Waals surface area (Å²) in [6.45, 7) is 1.93. The molecule has 0 spiro atoms. The van der Waals surface area contributed by atoms with Crippen molar-refractivity contribution in [1.82, 2.24) is 10.9 Å². The number of halogens is 1. The molecule has 1 fully saturated rings. The zero-order valence-electron chi connectivity index (χ0n) is 10.8. The van der Waals surface area contributed by atoms with Crippen molar-refractivity contribution in [3.8, 4) is 0 Å². The number of nitrogens with one attached hydrogen (secondary N) is 2. The molecule has 19 heavy (non-hydrogen) atoms. The van der Waals surface area contributed by atoms with Gasteiger partial charge in [0.25, 0.3) is 5.91 Å². The molecule has 0 heterocycles. The molecular weight excluding hydrogens is 264 g/mol. The van der Waals surface area contributed by atoms with Crippen molar-refractivity contribution >= 4 is 23.4 Å². The fourth-order valence-corrected chi connectivity index (χ4v) is 2.45. The SMILES string of the molecule is CC1(C(=O)NNC(=O)c2ccc(Cl)cc2)CCCC1. The minimum atomic E-state index is -0.354. The van der Waals surface area contributed by atoms with E-state index >= 15 is 0 Å². The Morgan fingerprint density at radius 3 is 2.26 bits per heavy atom. The Hall–Kier alpha value is -1.55. The van der Waals surface area contributed by atoms with Gasteiger partial charge in [-0.15, -0.1) is 0 Å². The van der Waals surface area contributed by atoms with Gasteiger partial charge in [-0.05, 0) is 37.1 Å². The summed E-state index contributed by atoms with van der Waals surface area (Å²) in [7, 11) is 0. The average Bonchev–Trinajstić information content (AvgIpc) is 2.84. The van der Waals surface area contributed by atoms with Crippen LogP contribution in [0.25, 0.3) is 0 Å². The van der Waals surface area contributed by atoms with Gasteiger partial charge in [0.15, 0.2) is 0 Å². The quantitative estimate of drug-likeness (QED) is 0.818. The Balaban J connectivity index is 1.90. The second-order valence-corrected chi connectivity index (χ2v) is 5.62. The van der Waals surface area contributed by atoms with E-state index in [2.05, 4.69) is 10.9 Å². The van der Waals surface area contributed by atoms with E-state index < -0.39 is 0 Å². The Morgan fingerprint density at radius 1 is 1.11 bits per heavy atom. The van der Waals surface area contributed by atoms with Crippen LogP contribution in [0.15, 0.2) is 24.3 Å². The number of rotatable bonds is 2. The Labute approximate surface area is 117 Å². The number of benzene rings is 1. The Bertz CT molecular complexity index is 479. The molecule has 1 aliphatic rings. The molecule has 0 aromatic heterocycles. The first-order valence-corrected chi connectivity index (χ1v) is 6.75. The van der Waals surface area contributed by atoms with Crippen LogP contribution in [-0.4, -0.2) is 11.8 Å². The summed E-state index contributed by atoms with van der Waals surface area (Å²) in [5, 5.41) is 0.569. The molecule has 0 unspecified atom stereocenters. The third-order valence-electron chi connectivity index (χ3n) is 3.65. The van der Waals surface area contributed by atoms with Gasteiger partial charge in [0.05, 0.1) is 0 Å². The van der Waals surface area contributed by atoms with E-state index in [4.69, 9.17) is 11.6 Å². The summed E-state index contributed by atoms with van der Waals surface area (Å²) in [6, 6.07) is 6.50. The highest BCUT2D eigenvalue weighted by atomic mass is 35.5. The molecule has 0 bridgehead atoms. The summed E-state index contributed by atoms with van der Waals surface area (Å²) in [5.41, 5.74) is 5.05. The van der Waals surface area contributed by atoms with Gasteiger partial charge in [0, 0.05) is 16.0 Å². The molecule has 1 aromatic rings. The molecule has 1 aromatic carbocycles. The first-order valence-electron chi connectivity index (χ1n) is 6.38. The molecule has 0 radical (unpaired) electrons. The molecule has 1 saturated carbocycles. The van der Waals surface area contributed by atoms with Gasteiger partial charge in [0.2, 0.25) is 5.91 Å². The molecule has 0 aliphatic heterocycles. The van der Waals surface area contributed by atoms with Gasteiger partial charge in [-0.1, -0.05) is 31.4 Å². The van der Waals surface area contributed by atoms with E-state index in [9.17, 15) is 9.59 Å². The molecule has 2 amide bonds. The van der Waals surface area contributed by atoms with Crippen molar-refractivity contribution in [2.75, 3.05) is 0 Å². The summed E-state index contributed by atoms with van der Waals surface area (Å²) >= 11 is 5.75. The van der Waals surface area contributed by atoms with Crippen LogP contribution in [0.5, 0.6) is 0 Å². The van der Waals surface area contributed by atoms with Crippen molar-refractivity contribution in [1.29, 1.82) is 0 Å². The van der Waals surface area contributed by atoms with E-state index in [1.807, 2.05) is 6.92 Å². The van der Waals surface area contributed by atoms with Crippen molar-refractivity contribution in [3.63, 3.8) is 0 Å². The number of carbonyl (C=O) groups excluding carboxylic acids is 2. The molecule has 102 valence electrons. The fourth-order valence-electron chi connectivity index (χ4n) is 2.32.